The van der Waals surface area contributed by atoms with Gasteiger partial charge in [0.2, 0.25) is 0 Å². The van der Waals surface area contributed by atoms with E-state index in [1.165, 1.54) is 0 Å². The van der Waals surface area contributed by atoms with Crippen molar-refractivity contribution in [3.05, 3.63) is 35.4 Å². The van der Waals surface area contributed by atoms with Crippen LogP contribution in [0.5, 0.6) is 0 Å². The van der Waals surface area contributed by atoms with Crippen molar-refractivity contribution in [1.29, 1.82) is 0 Å². The van der Waals surface area contributed by atoms with Crippen LogP contribution in [-0.4, -0.2) is 36.5 Å². The number of benzene rings is 1. The molecule has 1 aliphatic heterocycles. The summed E-state index contributed by atoms with van der Waals surface area (Å²) in [4.78, 5) is 13.9. The molecule has 1 heterocycles. The average Bonchev–Trinajstić information content (AvgIpc) is 2.47. The van der Waals surface area contributed by atoms with Crippen molar-refractivity contribution in [2.75, 3.05) is 19.6 Å². The lowest BCUT2D eigenvalue weighted by atomic mass is 10.0. The number of hydrogen-bond acceptors (Lipinski definition) is 2. The second-order valence-corrected chi connectivity index (χ2v) is 5.11. The van der Waals surface area contributed by atoms with E-state index < -0.39 is 17.5 Å². The van der Waals surface area contributed by atoms with E-state index in [0.29, 0.717) is 13.1 Å². The highest BCUT2D eigenvalue weighted by Crippen LogP contribution is 2.15. The van der Waals surface area contributed by atoms with E-state index in [0.717, 1.165) is 44.0 Å². The van der Waals surface area contributed by atoms with Gasteiger partial charge in [-0.05, 0) is 44.5 Å². The Morgan fingerprint density at radius 2 is 2.20 bits per heavy atom. The molecular formula is C15H20F2N2O. The SMILES string of the molecule is CCN(CC1CCCCN1)C(=O)c1cc(F)ccc1F. The Balaban J connectivity index is 2.09. The summed E-state index contributed by atoms with van der Waals surface area (Å²) >= 11 is 0. The molecule has 1 amide bonds. The summed E-state index contributed by atoms with van der Waals surface area (Å²) in [7, 11) is 0. The summed E-state index contributed by atoms with van der Waals surface area (Å²) in [6, 6.07) is 3.22. The highest BCUT2D eigenvalue weighted by atomic mass is 19.1. The van der Waals surface area contributed by atoms with Gasteiger partial charge < -0.3 is 10.2 Å². The molecule has 1 aliphatic rings. The van der Waals surface area contributed by atoms with Crippen LogP contribution in [0, 0.1) is 11.6 Å². The first-order chi connectivity index (χ1) is 9.61. The van der Waals surface area contributed by atoms with Crippen LogP contribution in [0.3, 0.4) is 0 Å². The lowest BCUT2D eigenvalue weighted by Crippen LogP contribution is -2.45. The van der Waals surface area contributed by atoms with Gasteiger partial charge in [-0.25, -0.2) is 8.78 Å². The summed E-state index contributed by atoms with van der Waals surface area (Å²) in [5.41, 5.74) is -0.192. The third-order valence-corrected chi connectivity index (χ3v) is 3.68. The molecule has 1 fully saturated rings. The molecule has 1 saturated heterocycles. The lowest BCUT2D eigenvalue weighted by molar-refractivity contribution is 0.0736. The van der Waals surface area contributed by atoms with Gasteiger partial charge in [0, 0.05) is 19.1 Å². The van der Waals surface area contributed by atoms with E-state index in [1.54, 1.807) is 4.90 Å². The number of carbonyl (C=O) groups is 1. The van der Waals surface area contributed by atoms with Gasteiger partial charge >= 0.3 is 0 Å². The van der Waals surface area contributed by atoms with Gasteiger partial charge in [-0.2, -0.15) is 0 Å². The number of piperidine rings is 1. The number of rotatable bonds is 4. The van der Waals surface area contributed by atoms with E-state index in [2.05, 4.69) is 5.32 Å². The molecule has 0 aliphatic carbocycles. The normalized spacial score (nSPS) is 18.9. The van der Waals surface area contributed by atoms with Gasteiger partial charge in [-0.1, -0.05) is 6.42 Å². The Labute approximate surface area is 118 Å². The van der Waals surface area contributed by atoms with Crippen molar-refractivity contribution < 1.29 is 13.6 Å². The maximum Gasteiger partial charge on any atom is 0.256 e. The van der Waals surface area contributed by atoms with E-state index >= 15 is 0 Å². The van der Waals surface area contributed by atoms with Crippen molar-refractivity contribution in [1.82, 2.24) is 10.2 Å². The molecule has 1 aromatic carbocycles. The van der Waals surface area contributed by atoms with E-state index in [1.807, 2.05) is 6.92 Å². The molecule has 1 unspecified atom stereocenters. The maximum absolute atomic E-state index is 13.7. The van der Waals surface area contributed by atoms with Gasteiger partial charge in [0.15, 0.2) is 0 Å². The smallest absolute Gasteiger partial charge is 0.256 e. The number of likely N-dealkylation sites (N-methyl/N-ethyl adjacent to an activating group) is 1. The molecule has 3 nitrogen and oxygen atoms in total. The fourth-order valence-electron chi connectivity index (χ4n) is 2.53. The van der Waals surface area contributed by atoms with Gasteiger partial charge in [-0.15, -0.1) is 0 Å². The Kier molecular flexibility index (Phi) is 5.06. The molecule has 1 aromatic rings. The fourth-order valence-corrected chi connectivity index (χ4v) is 2.53. The summed E-state index contributed by atoms with van der Waals surface area (Å²) in [5.74, 6) is -1.72. The second-order valence-electron chi connectivity index (χ2n) is 5.11. The molecule has 110 valence electrons. The van der Waals surface area contributed by atoms with Crippen LogP contribution in [-0.2, 0) is 0 Å². The molecule has 0 spiro atoms. The van der Waals surface area contributed by atoms with E-state index in [4.69, 9.17) is 0 Å². The number of hydrogen-bond donors (Lipinski definition) is 1. The van der Waals surface area contributed by atoms with Crippen LogP contribution in [0.2, 0.25) is 0 Å². The van der Waals surface area contributed by atoms with E-state index in [-0.39, 0.29) is 11.6 Å². The highest BCUT2D eigenvalue weighted by Gasteiger charge is 2.22. The predicted octanol–water partition coefficient (Wildman–Crippen LogP) is 2.57. The first-order valence-corrected chi connectivity index (χ1v) is 7.09. The Morgan fingerprint density at radius 1 is 1.40 bits per heavy atom. The lowest BCUT2D eigenvalue weighted by Gasteiger charge is -2.30. The van der Waals surface area contributed by atoms with Crippen LogP contribution < -0.4 is 5.32 Å². The number of carbonyl (C=O) groups excluding carboxylic acids is 1. The molecule has 20 heavy (non-hydrogen) atoms. The van der Waals surface area contributed by atoms with Gasteiger partial charge in [0.1, 0.15) is 11.6 Å². The minimum atomic E-state index is -0.675. The Morgan fingerprint density at radius 3 is 2.85 bits per heavy atom. The monoisotopic (exact) mass is 282 g/mol. The second kappa shape index (κ2) is 6.79. The molecular weight excluding hydrogens is 262 g/mol. The number of nitrogens with one attached hydrogen (secondary N) is 1. The Hall–Kier alpha value is -1.49. The van der Waals surface area contributed by atoms with Gasteiger partial charge in [0.05, 0.1) is 5.56 Å². The minimum absolute atomic E-state index is 0.192. The third-order valence-electron chi connectivity index (χ3n) is 3.68. The highest BCUT2D eigenvalue weighted by molar-refractivity contribution is 5.94. The first-order valence-electron chi connectivity index (χ1n) is 7.09. The summed E-state index contributed by atoms with van der Waals surface area (Å²) in [6.07, 6.45) is 3.29. The predicted molar refractivity (Wildman–Crippen MR) is 73.6 cm³/mol. The van der Waals surface area contributed by atoms with E-state index in [9.17, 15) is 13.6 Å². The maximum atomic E-state index is 13.7. The molecule has 0 saturated carbocycles. The first kappa shape index (κ1) is 14.9. The molecule has 0 radical (unpaired) electrons. The average molecular weight is 282 g/mol. The molecule has 0 bridgehead atoms. The zero-order valence-electron chi connectivity index (χ0n) is 11.7. The summed E-state index contributed by atoms with van der Waals surface area (Å²) in [5, 5.41) is 3.35. The summed E-state index contributed by atoms with van der Waals surface area (Å²) < 4.78 is 26.8. The third kappa shape index (κ3) is 3.54. The standard InChI is InChI=1S/C15H20F2N2O/c1-2-19(10-12-5-3-4-8-18-12)15(20)13-9-11(16)6-7-14(13)17/h6-7,9,12,18H,2-5,8,10H2,1H3. The van der Waals surface area contributed by atoms with Crippen molar-refractivity contribution in [3.8, 4) is 0 Å². The van der Waals surface area contributed by atoms with Crippen LogP contribution in [0.4, 0.5) is 8.78 Å². The van der Waals surface area contributed by atoms with Gasteiger partial charge in [0.25, 0.3) is 5.91 Å². The van der Waals surface area contributed by atoms with Crippen LogP contribution in [0.25, 0.3) is 0 Å². The Bertz CT molecular complexity index is 473. The number of nitrogens with zero attached hydrogens (tertiary/aromatic N) is 1. The zero-order valence-corrected chi connectivity index (χ0v) is 11.7. The quantitative estimate of drug-likeness (QED) is 0.920. The molecule has 2 rings (SSSR count). The van der Waals surface area contributed by atoms with Crippen molar-refractivity contribution in [3.63, 3.8) is 0 Å². The number of halogens is 2. The molecule has 1 atom stereocenters. The van der Waals surface area contributed by atoms with Crippen LogP contribution in [0.1, 0.15) is 36.5 Å². The van der Waals surface area contributed by atoms with Crippen molar-refractivity contribution in [2.45, 2.75) is 32.2 Å². The van der Waals surface area contributed by atoms with Crippen molar-refractivity contribution in [2.24, 2.45) is 0 Å². The largest absolute Gasteiger partial charge is 0.337 e. The molecule has 5 heteroatoms. The van der Waals surface area contributed by atoms with Crippen LogP contribution >= 0.6 is 0 Å². The zero-order chi connectivity index (χ0) is 14.5. The fraction of sp³-hybridized carbons (Fsp3) is 0.533. The van der Waals surface area contributed by atoms with Crippen molar-refractivity contribution >= 4 is 5.91 Å². The molecule has 0 aromatic heterocycles. The topological polar surface area (TPSA) is 32.3 Å². The minimum Gasteiger partial charge on any atom is -0.337 e. The number of amides is 1. The van der Waals surface area contributed by atoms with Gasteiger partial charge in [-0.3, -0.25) is 4.79 Å². The summed E-state index contributed by atoms with van der Waals surface area (Å²) in [6.45, 7) is 3.81. The van der Waals surface area contributed by atoms with Crippen LogP contribution in [0.15, 0.2) is 18.2 Å². The molecule has 1 N–H and O–H groups in total.